The van der Waals surface area contributed by atoms with Gasteiger partial charge in [0.25, 0.3) is 0 Å². The molecule has 3 heteroatoms. The average Bonchev–Trinajstić information content (AvgIpc) is 2.34. The van der Waals surface area contributed by atoms with Crippen LogP contribution in [-0.2, 0) is 9.63 Å². The monoisotopic (exact) mass is 289 g/mol. The smallest absolute Gasteiger partial charge is 0.313 e. The van der Waals surface area contributed by atoms with Crippen LogP contribution in [0.2, 0.25) is 0 Å². The Morgan fingerprint density at radius 2 is 1.95 bits per heavy atom. The van der Waals surface area contributed by atoms with Crippen molar-refractivity contribution in [3.05, 3.63) is 34.9 Å². The zero-order valence-electron chi connectivity index (χ0n) is 14.1. The molecule has 0 saturated heterocycles. The second kappa shape index (κ2) is 7.39. The Labute approximate surface area is 128 Å². The Bertz CT molecular complexity index is 515. The van der Waals surface area contributed by atoms with Gasteiger partial charge < -0.3 is 4.84 Å². The first-order chi connectivity index (χ1) is 9.72. The van der Waals surface area contributed by atoms with Crippen LogP contribution < -0.4 is 0 Å². The molecule has 0 aromatic rings. The maximum atomic E-state index is 11.4. The molecule has 0 atom stereocenters. The summed E-state index contributed by atoms with van der Waals surface area (Å²) in [6.45, 7) is 12.3. The van der Waals surface area contributed by atoms with Gasteiger partial charge in [0.15, 0.2) is 0 Å². The zero-order valence-corrected chi connectivity index (χ0v) is 14.1. The molecule has 0 spiro atoms. The lowest BCUT2D eigenvalue weighted by Gasteiger charge is -2.32. The molecule has 1 aliphatic carbocycles. The molecule has 0 aromatic heterocycles. The van der Waals surface area contributed by atoms with Crippen molar-refractivity contribution < 1.29 is 9.63 Å². The van der Waals surface area contributed by atoms with Crippen LogP contribution in [-0.4, -0.2) is 11.7 Å². The SMILES string of the molecule is CC(C)=CC(=O)O/N=C(C)/C=C/C1=C(C)CCCC1(C)C. The molecular formula is C18H27NO2. The number of rotatable bonds is 4. The number of carbonyl (C=O) groups excluding carboxylic acids is 1. The summed E-state index contributed by atoms with van der Waals surface area (Å²) in [5.41, 5.74) is 4.61. The van der Waals surface area contributed by atoms with Crippen molar-refractivity contribution in [2.75, 3.05) is 0 Å². The highest BCUT2D eigenvalue weighted by molar-refractivity contribution is 5.93. The minimum atomic E-state index is -0.434. The molecule has 116 valence electrons. The van der Waals surface area contributed by atoms with Crippen LogP contribution in [0.25, 0.3) is 0 Å². The quantitative estimate of drug-likeness (QED) is 0.318. The van der Waals surface area contributed by atoms with Gasteiger partial charge in [0, 0.05) is 6.08 Å². The third-order valence-electron chi connectivity index (χ3n) is 3.72. The van der Waals surface area contributed by atoms with Gasteiger partial charge in [-0.1, -0.05) is 36.2 Å². The van der Waals surface area contributed by atoms with Crippen LogP contribution in [0.1, 0.15) is 60.8 Å². The van der Waals surface area contributed by atoms with E-state index in [2.05, 4.69) is 32.0 Å². The van der Waals surface area contributed by atoms with Crippen LogP contribution in [0.5, 0.6) is 0 Å². The van der Waals surface area contributed by atoms with Gasteiger partial charge in [-0.3, -0.25) is 0 Å². The van der Waals surface area contributed by atoms with E-state index in [9.17, 15) is 4.79 Å². The Hall–Kier alpha value is -1.64. The molecule has 0 fully saturated rings. The van der Waals surface area contributed by atoms with Crippen LogP contribution in [0.3, 0.4) is 0 Å². The molecule has 0 N–H and O–H groups in total. The molecule has 0 radical (unpaired) electrons. The average molecular weight is 289 g/mol. The summed E-state index contributed by atoms with van der Waals surface area (Å²) in [6.07, 6.45) is 9.08. The number of carbonyl (C=O) groups is 1. The lowest BCUT2D eigenvalue weighted by atomic mass is 9.72. The van der Waals surface area contributed by atoms with Gasteiger partial charge in [-0.05, 0) is 64.0 Å². The first-order valence-electron chi connectivity index (χ1n) is 7.51. The summed E-state index contributed by atoms with van der Waals surface area (Å²) in [5.74, 6) is -0.434. The maximum Gasteiger partial charge on any atom is 0.358 e. The number of nitrogens with zero attached hydrogens (tertiary/aromatic N) is 1. The van der Waals surface area contributed by atoms with Crippen molar-refractivity contribution in [2.24, 2.45) is 10.6 Å². The highest BCUT2D eigenvalue weighted by atomic mass is 16.7. The van der Waals surface area contributed by atoms with Crippen molar-refractivity contribution in [3.63, 3.8) is 0 Å². The fourth-order valence-corrected chi connectivity index (χ4v) is 2.62. The van der Waals surface area contributed by atoms with E-state index in [-0.39, 0.29) is 5.41 Å². The molecule has 0 saturated carbocycles. The minimum absolute atomic E-state index is 0.206. The lowest BCUT2D eigenvalue weighted by molar-refractivity contribution is -0.137. The third kappa shape index (κ3) is 5.70. The van der Waals surface area contributed by atoms with Crippen molar-refractivity contribution >= 4 is 11.7 Å². The number of oxime groups is 1. The van der Waals surface area contributed by atoms with E-state index in [1.165, 1.54) is 30.1 Å². The number of allylic oxidation sites excluding steroid dienone is 5. The van der Waals surface area contributed by atoms with E-state index >= 15 is 0 Å². The van der Waals surface area contributed by atoms with Crippen LogP contribution in [0, 0.1) is 5.41 Å². The molecule has 0 aliphatic heterocycles. The van der Waals surface area contributed by atoms with Crippen molar-refractivity contribution in [1.29, 1.82) is 0 Å². The molecular weight excluding hydrogens is 262 g/mol. The Morgan fingerprint density at radius 1 is 1.29 bits per heavy atom. The fraction of sp³-hybridized carbons (Fsp3) is 0.556. The van der Waals surface area contributed by atoms with Gasteiger partial charge in [-0.2, -0.15) is 0 Å². The summed E-state index contributed by atoms with van der Waals surface area (Å²) in [5, 5.41) is 3.85. The van der Waals surface area contributed by atoms with Crippen LogP contribution in [0.4, 0.5) is 0 Å². The topological polar surface area (TPSA) is 38.7 Å². The number of hydrogen-bond acceptors (Lipinski definition) is 3. The molecule has 0 bridgehead atoms. The van der Waals surface area contributed by atoms with Gasteiger partial charge >= 0.3 is 5.97 Å². The summed E-state index contributed by atoms with van der Waals surface area (Å²) < 4.78 is 0. The Morgan fingerprint density at radius 3 is 2.52 bits per heavy atom. The summed E-state index contributed by atoms with van der Waals surface area (Å²) >= 11 is 0. The van der Waals surface area contributed by atoms with Crippen LogP contribution in [0.15, 0.2) is 40.1 Å². The van der Waals surface area contributed by atoms with E-state index in [4.69, 9.17) is 4.84 Å². The second-order valence-electron chi connectivity index (χ2n) is 6.63. The summed E-state index contributed by atoms with van der Waals surface area (Å²) in [4.78, 5) is 16.2. The van der Waals surface area contributed by atoms with E-state index in [0.717, 1.165) is 12.0 Å². The van der Waals surface area contributed by atoms with Gasteiger partial charge in [0.2, 0.25) is 0 Å². The molecule has 21 heavy (non-hydrogen) atoms. The first kappa shape index (κ1) is 17.4. The van der Waals surface area contributed by atoms with Gasteiger partial charge in [-0.15, -0.1) is 0 Å². The largest absolute Gasteiger partial charge is 0.358 e. The summed E-state index contributed by atoms with van der Waals surface area (Å²) in [7, 11) is 0. The summed E-state index contributed by atoms with van der Waals surface area (Å²) in [6, 6.07) is 0. The second-order valence-corrected chi connectivity index (χ2v) is 6.63. The highest BCUT2D eigenvalue weighted by Crippen LogP contribution is 2.40. The molecule has 0 amide bonds. The van der Waals surface area contributed by atoms with E-state index in [0.29, 0.717) is 5.71 Å². The van der Waals surface area contributed by atoms with E-state index in [1.807, 2.05) is 26.8 Å². The normalized spacial score (nSPS) is 18.9. The predicted octanol–water partition coefficient (Wildman–Crippen LogP) is 4.95. The molecule has 1 rings (SSSR count). The van der Waals surface area contributed by atoms with Crippen LogP contribution >= 0.6 is 0 Å². The fourth-order valence-electron chi connectivity index (χ4n) is 2.62. The van der Waals surface area contributed by atoms with Crippen molar-refractivity contribution in [3.8, 4) is 0 Å². The Balaban J connectivity index is 2.75. The van der Waals surface area contributed by atoms with E-state index in [1.54, 1.807) is 0 Å². The molecule has 3 nitrogen and oxygen atoms in total. The molecule has 0 unspecified atom stereocenters. The lowest BCUT2D eigenvalue weighted by Crippen LogP contribution is -2.19. The molecule has 0 heterocycles. The van der Waals surface area contributed by atoms with E-state index < -0.39 is 5.97 Å². The minimum Gasteiger partial charge on any atom is -0.313 e. The molecule has 1 aliphatic rings. The van der Waals surface area contributed by atoms with Gasteiger partial charge in [0.05, 0.1) is 5.71 Å². The van der Waals surface area contributed by atoms with Crippen molar-refractivity contribution in [1.82, 2.24) is 0 Å². The first-order valence-corrected chi connectivity index (χ1v) is 7.51. The predicted molar refractivity (Wildman–Crippen MR) is 88.1 cm³/mol. The third-order valence-corrected chi connectivity index (χ3v) is 3.72. The van der Waals surface area contributed by atoms with Gasteiger partial charge in [0.1, 0.15) is 0 Å². The standard InChI is InChI=1S/C18H27NO2/c1-13(2)12-17(20)21-19-15(4)9-10-16-14(3)8-7-11-18(16,5)6/h9-10,12H,7-8,11H2,1-6H3/b10-9+,19-15+. The number of hydrogen-bond donors (Lipinski definition) is 0. The molecule has 0 aromatic carbocycles. The van der Waals surface area contributed by atoms with Gasteiger partial charge in [-0.25, -0.2) is 4.79 Å². The zero-order chi connectivity index (χ0) is 16.0. The Kier molecular flexibility index (Phi) is 6.13. The highest BCUT2D eigenvalue weighted by Gasteiger charge is 2.26. The maximum absolute atomic E-state index is 11.4. The van der Waals surface area contributed by atoms with Crippen molar-refractivity contribution in [2.45, 2.75) is 60.8 Å².